The average molecular weight is 631 g/mol. The van der Waals surface area contributed by atoms with E-state index in [9.17, 15) is 9.18 Å². The molecule has 45 heavy (non-hydrogen) atoms. The maximum atomic E-state index is 15.4. The average Bonchev–Trinajstić information content (AvgIpc) is 3.52. The number of aromatic nitrogens is 4. The number of rotatable bonds is 7. The number of hydrogen-bond donors (Lipinski definition) is 2. The zero-order valence-corrected chi connectivity index (χ0v) is 29.7. The van der Waals surface area contributed by atoms with Gasteiger partial charge in [-0.3, -0.25) is 13.8 Å². The summed E-state index contributed by atoms with van der Waals surface area (Å²) in [4.78, 5) is 9.60. The molecule has 0 fully saturated rings. The van der Waals surface area contributed by atoms with Crippen molar-refractivity contribution < 1.29 is 18.3 Å². The molecule has 2 aliphatic rings. The molecule has 2 aromatic rings. The molecule has 252 valence electrons. The van der Waals surface area contributed by atoms with Gasteiger partial charge in [-0.15, -0.1) is 10.2 Å². The van der Waals surface area contributed by atoms with Crippen LogP contribution in [-0.2, 0) is 28.0 Å². The highest BCUT2D eigenvalue weighted by Crippen LogP contribution is 2.33. The Morgan fingerprint density at radius 2 is 1.80 bits per heavy atom. The van der Waals surface area contributed by atoms with Gasteiger partial charge in [-0.25, -0.2) is 4.39 Å². The van der Waals surface area contributed by atoms with Gasteiger partial charge in [0.1, 0.15) is 17.3 Å². The Balaban J connectivity index is 0.00000128. The molecule has 0 saturated carbocycles. The summed E-state index contributed by atoms with van der Waals surface area (Å²) in [5.74, 6) is 1.24. The Kier molecular flexibility index (Phi) is 17.9. The number of carbonyl (C=O) groups is 1. The number of nitrogens with zero attached hydrogens (tertiary/aromatic N) is 4. The maximum absolute atomic E-state index is 15.4. The molecule has 10 heteroatoms. The number of nitrogens with one attached hydrogen (secondary N) is 2. The molecule has 2 aromatic heterocycles. The molecule has 0 aromatic carbocycles. The molecule has 0 atom stereocenters. The highest BCUT2D eigenvalue weighted by Gasteiger charge is 2.33. The second-order valence-corrected chi connectivity index (χ2v) is 11.2. The normalized spacial score (nSPS) is 14.5. The van der Waals surface area contributed by atoms with Gasteiger partial charge in [0.05, 0.1) is 18.4 Å². The minimum absolute atomic E-state index is 0.318. The molecule has 0 bridgehead atoms. The Morgan fingerprint density at radius 1 is 1.18 bits per heavy atom. The topological polar surface area (TPSA) is 86.0 Å². The van der Waals surface area contributed by atoms with E-state index in [1.165, 1.54) is 11.6 Å². The van der Waals surface area contributed by atoms with E-state index in [0.29, 0.717) is 31.3 Å². The van der Waals surface area contributed by atoms with Crippen LogP contribution in [0.15, 0.2) is 59.7 Å². The number of alkyl halides is 1. The van der Waals surface area contributed by atoms with Crippen LogP contribution in [0.3, 0.4) is 0 Å². The van der Waals surface area contributed by atoms with Gasteiger partial charge < -0.3 is 19.9 Å². The molecule has 1 aliphatic carbocycles. The molecule has 0 amide bonds. The summed E-state index contributed by atoms with van der Waals surface area (Å²) in [5, 5.41) is 15.1. The number of likely N-dealkylation sites (N-methyl/N-ethyl adjacent to an activating group) is 1. The summed E-state index contributed by atoms with van der Waals surface area (Å²) in [5.41, 5.74) is 4.38. The first-order valence-corrected chi connectivity index (χ1v) is 15.5. The summed E-state index contributed by atoms with van der Waals surface area (Å²) in [6.07, 6.45) is 10.3. The lowest BCUT2D eigenvalue weighted by atomic mass is 9.97. The number of allylic oxidation sites excluding steroid dienone is 7. The van der Waals surface area contributed by atoms with Crippen molar-refractivity contribution in [2.75, 3.05) is 20.8 Å². The zero-order chi connectivity index (χ0) is 35.0. The van der Waals surface area contributed by atoms with Crippen molar-refractivity contribution in [2.45, 2.75) is 100 Å². The second-order valence-electron chi connectivity index (χ2n) is 11.2. The molecule has 0 radical (unpaired) electrons. The summed E-state index contributed by atoms with van der Waals surface area (Å²) in [6, 6.07) is 2.11. The van der Waals surface area contributed by atoms with Crippen molar-refractivity contribution in [1.82, 2.24) is 30.0 Å². The first kappa shape index (κ1) is 41.2. The first-order valence-electron chi connectivity index (χ1n) is 15.5. The van der Waals surface area contributed by atoms with Crippen LogP contribution in [0.25, 0.3) is 11.8 Å². The summed E-state index contributed by atoms with van der Waals surface area (Å²) in [6.45, 7) is 27.7. The molecule has 0 saturated heterocycles. The number of hydrogen-bond acceptors (Lipinski definition) is 6. The number of carbonyl (C=O) groups excluding carboxylic acids is 1. The highest BCUT2D eigenvalue weighted by atomic mass is 19.1. The fourth-order valence-electron chi connectivity index (χ4n) is 4.46. The van der Waals surface area contributed by atoms with E-state index in [-0.39, 0.29) is 11.4 Å². The third kappa shape index (κ3) is 11.6. The summed E-state index contributed by atoms with van der Waals surface area (Å²) in [7, 11) is 2.45. The lowest BCUT2D eigenvalue weighted by Gasteiger charge is -2.34. The van der Waals surface area contributed by atoms with E-state index in [4.69, 9.17) is 0 Å². The van der Waals surface area contributed by atoms with E-state index in [0.717, 1.165) is 41.7 Å². The van der Waals surface area contributed by atoms with Crippen molar-refractivity contribution >= 4 is 18.2 Å². The van der Waals surface area contributed by atoms with E-state index in [2.05, 4.69) is 55.1 Å². The SMILES string of the molecule is C=C(C1=CC=Cc2c(ccn2CCNC)C1)/C(F)=C\C1=C(C)n2c(C)nnc2C(C)(C)N1.CC.CC.CC(C)(C)OC=O.CF. The van der Waals surface area contributed by atoms with Gasteiger partial charge in [0.15, 0.2) is 5.82 Å². The number of aryl methyl sites for hydroxylation is 1. The highest BCUT2D eigenvalue weighted by molar-refractivity contribution is 5.62. The van der Waals surface area contributed by atoms with Gasteiger partial charge in [-0.05, 0) is 84.9 Å². The van der Waals surface area contributed by atoms with Gasteiger partial charge in [0, 0.05) is 42.7 Å². The summed E-state index contributed by atoms with van der Waals surface area (Å²) < 4.78 is 33.7. The smallest absolute Gasteiger partial charge is 0.293 e. The fourth-order valence-corrected chi connectivity index (χ4v) is 4.46. The van der Waals surface area contributed by atoms with Crippen LogP contribution >= 0.6 is 0 Å². The first-order chi connectivity index (χ1) is 21.3. The molecular formula is C35H56F2N6O2. The monoisotopic (exact) mass is 630 g/mol. The van der Waals surface area contributed by atoms with E-state index >= 15 is 4.39 Å². The number of halogens is 2. The van der Waals surface area contributed by atoms with Crippen molar-refractivity contribution in [1.29, 1.82) is 0 Å². The van der Waals surface area contributed by atoms with Crippen LogP contribution in [0, 0.1) is 6.92 Å². The third-order valence-electron chi connectivity index (χ3n) is 6.53. The van der Waals surface area contributed by atoms with E-state index < -0.39 is 5.54 Å². The minimum atomic E-state index is -0.469. The maximum Gasteiger partial charge on any atom is 0.293 e. The molecule has 4 rings (SSSR count). The van der Waals surface area contributed by atoms with Crippen LogP contribution in [0.1, 0.15) is 92.1 Å². The quantitative estimate of drug-likeness (QED) is 0.240. The van der Waals surface area contributed by atoms with Crippen LogP contribution < -0.4 is 10.6 Å². The van der Waals surface area contributed by atoms with Gasteiger partial charge in [0.2, 0.25) is 0 Å². The lowest BCUT2D eigenvalue weighted by molar-refractivity contribution is -0.138. The van der Waals surface area contributed by atoms with Crippen molar-refractivity contribution in [2.24, 2.45) is 0 Å². The summed E-state index contributed by atoms with van der Waals surface area (Å²) >= 11 is 0. The van der Waals surface area contributed by atoms with Crippen LogP contribution in [0.5, 0.6) is 0 Å². The fraction of sp³-hybridized carbons (Fsp3) is 0.514. The predicted octanol–water partition coefficient (Wildman–Crippen LogP) is 7.84. The van der Waals surface area contributed by atoms with Gasteiger partial charge in [-0.1, -0.05) is 46.4 Å². The van der Waals surface area contributed by atoms with Gasteiger partial charge in [-0.2, -0.15) is 0 Å². The zero-order valence-electron chi connectivity index (χ0n) is 29.7. The molecule has 2 N–H and O–H groups in total. The Labute approximate surface area is 270 Å². The molecule has 3 heterocycles. The van der Waals surface area contributed by atoms with Crippen LogP contribution in [-0.4, -0.2) is 52.2 Å². The Morgan fingerprint density at radius 3 is 2.33 bits per heavy atom. The van der Waals surface area contributed by atoms with Crippen molar-refractivity contribution in [3.8, 4) is 0 Å². The van der Waals surface area contributed by atoms with Crippen LogP contribution in [0.4, 0.5) is 8.78 Å². The Bertz CT molecular complexity index is 1350. The third-order valence-corrected chi connectivity index (χ3v) is 6.53. The van der Waals surface area contributed by atoms with Crippen molar-refractivity contribution in [3.05, 3.63) is 82.6 Å². The number of fused-ring (bicyclic) bond motifs is 2. The van der Waals surface area contributed by atoms with Gasteiger partial charge >= 0.3 is 0 Å². The Hall–Kier alpha value is -3.79. The largest absolute Gasteiger partial charge is 0.462 e. The molecule has 0 spiro atoms. The lowest BCUT2D eigenvalue weighted by Crippen LogP contribution is -2.42. The molecule has 1 aliphatic heterocycles. The number of ether oxygens (including phenoxy) is 1. The second kappa shape index (κ2) is 19.6. The minimum Gasteiger partial charge on any atom is -0.462 e. The standard InChI is InChI=1S/C25H31FN6.C5H10O2.2C2H6.CH3F/c1-16(19-8-7-9-23-20(14-19)10-12-31(23)13-11-27-6)21(26)15-22-17(2)32-18(3)29-30-24(32)25(4,5)28-22;1-5(2,3)7-4-6;3*1-2/h7-10,12,15,27-28H,1,11,13-14H2,2-6H3;4H,1-3H3;2*1-2H3;1H3/b21-15+;;;;. The predicted molar refractivity (Wildman–Crippen MR) is 184 cm³/mol. The molecule has 0 unspecified atom stereocenters. The van der Waals surface area contributed by atoms with Crippen molar-refractivity contribution in [3.63, 3.8) is 0 Å². The van der Waals surface area contributed by atoms with E-state index in [1.54, 1.807) is 0 Å². The van der Waals surface area contributed by atoms with Crippen LogP contribution in [0.2, 0.25) is 0 Å². The molecular weight excluding hydrogens is 574 g/mol. The van der Waals surface area contributed by atoms with E-state index in [1.807, 2.05) is 99.9 Å². The van der Waals surface area contributed by atoms with Gasteiger partial charge in [0.25, 0.3) is 6.47 Å². The molecule has 8 nitrogen and oxygen atoms in total.